The second-order valence-electron chi connectivity index (χ2n) is 9.01. The lowest BCUT2D eigenvalue weighted by Gasteiger charge is -2.12. The molecule has 1 heterocycles. The molecule has 184 valence electrons. The van der Waals surface area contributed by atoms with Gasteiger partial charge in [-0.2, -0.15) is 0 Å². The zero-order valence-electron chi connectivity index (χ0n) is 20.6. The predicted octanol–water partition coefficient (Wildman–Crippen LogP) is 8.46. The third-order valence-electron chi connectivity index (χ3n) is 6.00. The summed E-state index contributed by atoms with van der Waals surface area (Å²) in [6, 6.07) is 7.57. The van der Waals surface area contributed by atoms with Crippen LogP contribution < -0.4 is 4.74 Å². The number of hydrogen-bond acceptors (Lipinski definition) is 3. The first-order valence-electron chi connectivity index (χ1n) is 12.9. The van der Waals surface area contributed by atoms with E-state index in [-0.39, 0.29) is 19.4 Å². The van der Waals surface area contributed by atoms with Crippen LogP contribution in [0, 0.1) is 0 Å². The van der Waals surface area contributed by atoms with Crippen molar-refractivity contribution in [2.75, 3.05) is 6.61 Å². The molecule has 0 aliphatic carbocycles. The SMILES string of the molecule is CCCCCCCCc1cnc(-c2ccc(OCCC(F)CCC(F)CCCC)cc2)nc1. The zero-order chi connectivity index (χ0) is 23.7. The molecule has 0 aliphatic heterocycles. The van der Waals surface area contributed by atoms with Crippen molar-refractivity contribution in [1.82, 2.24) is 9.97 Å². The molecule has 1 aromatic heterocycles. The van der Waals surface area contributed by atoms with Crippen molar-refractivity contribution in [3.63, 3.8) is 0 Å². The molecule has 0 amide bonds. The summed E-state index contributed by atoms with van der Waals surface area (Å²) in [5.74, 6) is 1.39. The largest absolute Gasteiger partial charge is 0.493 e. The first-order chi connectivity index (χ1) is 16.1. The number of aromatic nitrogens is 2. The van der Waals surface area contributed by atoms with Crippen molar-refractivity contribution in [2.24, 2.45) is 0 Å². The Hall–Kier alpha value is -2.04. The molecule has 0 radical (unpaired) electrons. The highest BCUT2D eigenvalue weighted by Crippen LogP contribution is 2.21. The fraction of sp³-hybridized carbons (Fsp3) is 0.643. The van der Waals surface area contributed by atoms with Crippen molar-refractivity contribution >= 4 is 0 Å². The predicted molar refractivity (Wildman–Crippen MR) is 133 cm³/mol. The number of benzene rings is 1. The fourth-order valence-corrected chi connectivity index (χ4v) is 3.82. The first-order valence-corrected chi connectivity index (χ1v) is 12.9. The van der Waals surface area contributed by atoms with Crippen LogP contribution in [0.15, 0.2) is 36.7 Å². The van der Waals surface area contributed by atoms with Gasteiger partial charge in [0.1, 0.15) is 18.1 Å². The normalized spacial score (nSPS) is 13.1. The van der Waals surface area contributed by atoms with E-state index < -0.39 is 12.3 Å². The number of nitrogens with zero attached hydrogens (tertiary/aromatic N) is 2. The molecular weight excluding hydrogens is 418 g/mol. The Morgan fingerprint density at radius 1 is 0.727 bits per heavy atom. The summed E-state index contributed by atoms with van der Waals surface area (Å²) in [6.45, 7) is 4.56. The number of rotatable bonds is 18. The van der Waals surface area contributed by atoms with Crippen molar-refractivity contribution in [3.8, 4) is 17.1 Å². The number of alkyl halides is 2. The molecule has 0 aliphatic rings. The minimum absolute atomic E-state index is 0.263. The number of halogens is 2. The highest BCUT2D eigenvalue weighted by atomic mass is 19.1. The van der Waals surface area contributed by atoms with E-state index in [1.54, 1.807) is 0 Å². The molecule has 0 N–H and O–H groups in total. The molecule has 0 fully saturated rings. The third kappa shape index (κ3) is 11.6. The molecule has 2 atom stereocenters. The van der Waals surface area contributed by atoms with Crippen LogP contribution in [0.5, 0.6) is 5.75 Å². The molecular formula is C28H42F2N2O. The van der Waals surface area contributed by atoms with E-state index in [4.69, 9.17) is 4.74 Å². The van der Waals surface area contributed by atoms with E-state index in [1.807, 2.05) is 43.6 Å². The monoisotopic (exact) mass is 460 g/mol. The first kappa shape index (κ1) is 27.2. The van der Waals surface area contributed by atoms with Crippen LogP contribution in [0.3, 0.4) is 0 Å². The zero-order valence-corrected chi connectivity index (χ0v) is 20.6. The summed E-state index contributed by atoms with van der Waals surface area (Å²) in [4.78, 5) is 9.03. The second kappa shape index (κ2) is 16.6. The minimum atomic E-state index is -1.02. The molecule has 2 unspecified atom stereocenters. The van der Waals surface area contributed by atoms with E-state index in [9.17, 15) is 8.78 Å². The van der Waals surface area contributed by atoms with Gasteiger partial charge in [0.25, 0.3) is 0 Å². The van der Waals surface area contributed by atoms with Crippen molar-refractivity contribution in [2.45, 2.75) is 110 Å². The van der Waals surface area contributed by atoms with Gasteiger partial charge >= 0.3 is 0 Å². The van der Waals surface area contributed by atoms with Gasteiger partial charge in [-0.3, -0.25) is 0 Å². The lowest BCUT2D eigenvalue weighted by Crippen LogP contribution is -2.10. The van der Waals surface area contributed by atoms with Gasteiger partial charge in [0.2, 0.25) is 0 Å². The van der Waals surface area contributed by atoms with Crippen LogP contribution in [-0.4, -0.2) is 28.9 Å². The quantitative estimate of drug-likeness (QED) is 0.209. The molecule has 33 heavy (non-hydrogen) atoms. The van der Waals surface area contributed by atoms with E-state index in [0.29, 0.717) is 24.4 Å². The Morgan fingerprint density at radius 3 is 2.00 bits per heavy atom. The highest BCUT2D eigenvalue weighted by Gasteiger charge is 2.12. The molecule has 2 aromatic rings. The number of hydrogen-bond donors (Lipinski definition) is 0. The second-order valence-corrected chi connectivity index (χ2v) is 9.01. The molecule has 2 rings (SSSR count). The van der Waals surface area contributed by atoms with Gasteiger partial charge in [-0.05, 0) is 61.9 Å². The van der Waals surface area contributed by atoms with Crippen molar-refractivity contribution in [1.29, 1.82) is 0 Å². The molecule has 0 spiro atoms. The van der Waals surface area contributed by atoms with Gasteiger partial charge in [0.15, 0.2) is 5.82 Å². The molecule has 0 bridgehead atoms. The van der Waals surface area contributed by atoms with Gasteiger partial charge < -0.3 is 4.74 Å². The van der Waals surface area contributed by atoms with Gasteiger partial charge in [-0.25, -0.2) is 18.7 Å². The third-order valence-corrected chi connectivity index (χ3v) is 6.00. The Balaban J connectivity index is 1.67. The number of unbranched alkanes of at least 4 members (excludes halogenated alkanes) is 6. The van der Waals surface area contributed by atoms with Crippen molar-refractivity contribution in [3.05, 3.63) is 42.2 Å². The lowest BCUT2D eigenvalue weighted by molar-refractivity contribution is 0.199. The molecule has 5 heteroatoms. The Morgan fingerprint density at radius 2 is 1.33 bits per heavy atom. The summed E-state index contributed by atoms with van der Waals surface area (Å²) in [7, 11) is 0. The van der Waals surface area contributed by atoms with Gasteiger partial charge in [-0.1, -0.05) is 58.8 Å². The summed E-state index contributed by atoms with van der Waals surface area (Å²) in [6.07, 6.45) is 13.9. The standard InChI is InChI=1S/C28H42F2N2O/c1-3-5-7-8-9-10-11-23-21-31-28(32-22-23)24-13-17-27(18-14-24)33-20-19-26(30)16-15-25(29)12-6-4-2/h13-14,17-18,21-22,25-26H,3-12,15-16,19-20H2,1-2H3. The topological polar surface area (TPSA) is 35.0 Å². The maximum absolute atomic E-state index is 14.0. The van der Waals surface area contributed by atoms with Gasteiger partial charge in [0, 0.05) is 24.4 Å². The van der Waals surface area contributed by atoms with Crippen molar-refractivity contribution < 1.29 is 13.5 Å². The fourth-order valence-electron chi connectivity index (χ4n) is 3.82. The summed E-state index contributed by atoms with van der Waals surface area (Å²) in [5.41, 5.74) is 2.11. The van der Waals surface area contributed by atoms with Crippen LogP contribution in [0.4, 0.5) is 8.78 Å². The Labute approximate surface area is 199 Å². The molecule has 3 nitrogen and oxygen atoms in total. The average molecular weight is 461 g/mol. The van der Waals surface area contributed by atoms with Crippen LogP contribution in [0.25, 0.3) is 11.4 Å². The summed E-state index contributed by atoms with van der Waals surface area (Å²) >= 11 is 0. The highest BCUT2D eigenvalue weighted by molar-refractivity contribution is 5.55. The number of aryl methyl sites for hydroxylation is 1. The van der Waals surface area contributed by atoms with Gasteiger partial charge in [-0.15, -0.1) is 0 Å². The van der Waals surface area contributed by atoms with Crippen LogP contribution >= 0.6 is 0 Å². The lowest BCUT2D eigenvalue weighted by atomic mass is 10.1. The van der Waals surface area contributed by atoms with Crippen LogP contribution in [-0.2, 0) is 6.42 Å². The Kier molecular flexibility index (Phi) is 13.6. The maximum atomic E-state index is 14.0. The minimum Gasteiger partial charge on any atom is -0.493 e. The van der Waals surface area contributed by atoms with E-state index >= 15 is 0 Å². The van der Waals surface area contributed by atoms with E-state index in [1.165, 1.54) is 44.1 Å². The summed E-state index contributed by atoms with van der Waals surface area (Å²) in [5, 5.41) is 0. The number of ether oxygens (including phenoxy) is 1. The molecule has 1 aromatic carbocycles. The average Bonchev–Trinajstić information content (AvgIpc) is 2.84. The van der Waals surface area contributed by atoms with Crippen LogP contribution in [0.2, 0.25) is 0 Å². The van der Waals surface area contributed by atoms with E-state index in [0.717, 1.165) is 24.8 Å². The van der Waals surface area contributed by atoms with Gasteiger partial charge in [0.05, 0.1) is 6.61 Å². The van der Waals surface area contributed by atoms with E-state index in [2.05, 4.69) is 16.9 Å². The summed E-state index contributed by atoms with van der Waals surface area (Å²) < 4.78 is 33.3. The molecule has 0 saturated heterocycles. The van der Waals surface area contributed by atoms with Crippen LogP contribution in [0.1, 0.15) is 96.5 Å². The molecule has 0 saturated carbocycles. The smallest absolute Gasteiger partial charge is 0.159 e. The maximum Gasteiger partial charge on any atom is 0.159 e. The Bertz CT molecular complexity index is 737.